The summed E-state index contributed by atoms with van der Waals surface area (Å²) in [6.07, 6.45) is 11.6. The number of hydrogen-bond acceptors (Lipinski definition) is 9. The third-order valence-electron chi connectivity index (χ3n) is 9.14. The van der Waals surface area contributed by atoms with Gasteiger partial charge in [-0.2, -0.15) is 10.4 Å². The normalized spacial score (nSPS) is 23.9. The third-order valence-corrected chi connectivity index (χ3v) is 9.14. The van der Waals surface area contributed by atoms with Crippen LogP contribution in [-0.4, -0.2) is 67.5 Å². The van der Waals surface area contributed by atoms with Crippen molar-refractivity contribution in [2.75, 3.05) is 18.6 Å². The van der Waals surface area contributed by atoms with Crippen molar-refractivity contribution in [2.45, 2.75) is 69.2 Å². The van der Waals surface area contributed by atoms with Crippen LogP contribution >= 0.6 is 0 Å². The molecule has 4 bridgehead atoms. The summed E-state index contributed by atoms with van der Waals surface area (Å²) in [5.41, 5.74) is 2.07. The molecule has 2 saturated carbocycles. The summed E-state index contributed by atoms with van der Waals surface area (Å²) in [5, 5.41) is 27.7. The first-order chi connectivity index (χ1) is 21.1. The first-order valence-electron chi connectivity index (χ1n) is 15.0. The van der Waals surface area contributed by atoms with Crippen molar-refractivity contribution in [3.8, 4) is 28.8 Å². The van der Waals surface area contributed by atoms with E-state index in [2.05, 4.69) is 32.4 Å². The number of piperidine rings is 2. The largest absolute Gasteiger partial charge is 0.489 e. The SMILES string of the molecule is COc1ccc(C(=O)N[C@]23C[C@@H]4C[C@H](C2)N(c2ccc(-c5cc(OCC(C)(C)O)cn6ncc(C#N)c56)cn2)[C@@H](C4)C3)cn1. The number of methoxy groups -OCH3 is 1. The van der Waals surface area contributed by atoms with Crippen LogP contribution in [0.3, 0.4) is 0 Å². The highest BCUT2D eigenvalue weighted by molar-refractivity contribution is 5.94. The Labute approximate surface area is 255 Å². The Bertz CT molecular complexity index is 1740. The number of nitrogens with zero attached hydrogens (tertiary/aromatic N) is 6. The van der Waals surface area contributed by atoms with Crippen molar-refractivity contribution in [3.05, 3.63) is 66.2 Å². The van der Waals surface area contributed by atoms with E-state index in [1.54, 1.807) is 56.2 Å². The lowest BCUT2D eigenvalue weighted by Gasteiger charge is -2.62. The third kappa shape index (κ3) is 5.09. The summed E-state index contributed by atoms with van der Waals surface area (Å²) in [6.45, 7) is 3.48. The molecule has 4 atom stereocenters. The van der Waals surface area contributed by atoms with E-state index in [0.29, 0.717) is 46.3 Å². The molecule has 1 amide bonds. The maximum Gasteiger partial charge on any atom is 0.253 e. The molecule has 4 aromatic rings. The van der Waals surface area contributed by atoms with Crippen LogP contribution in [-0.2, 0) is 0 Å². The van der Waals surface area contributed by atoms with Gasteiger partial charge in [0, 0.05) is 47.2 Å². The van der Waals surface area contributed by atoms with Crippen molar-refractivity contribution in [1.29, 1.82) is 5.26 Å². The van der Waals surface area contributed by atoms with Gasteiger partial charge in [0.25, 0.3) is 5.91 Å². The van der Waals surface area contributed by atoms with Gasteiger partial charge < -0.3 is 24.8 Å². The molecule has 4 aromatic heterocycles. The Morgan fingerprint density at radius 1 is 1.14 bits per heavy atom. The molecule has 11 nitrogen and oxygen atoms in total. The number of carbonyl (C=O) groups is 1. The van der Waals surface area contributed by atoms with Gasteiger partial charge in [0.05, 0.1) is 41.7 Å². The molecule has 4 aliphatic rings. The smallest absolute Gasteiger partial charge is 0.253 e. The highest BCUT2D eigenvalue weighted by Gasteiger charge is 2.55. The maximum absolute atomic E-state index is 13.2. The van der Waals surface area contributed by atoms with E-state index >= 15 is 0 Å². The second-order valence-electron chi connectivity index (χ2n) is 13.0. The molecule has 226 valence electrons. The fraction of sp³-hybridized carbons (Fsp3) is 0.424. The number of nitriles is 1. The number of nitrogens with one attached hydrogen (secondary N) is 1. The second-order valence-corrected chi connectivity index (χ2v) is 13.0. The average Bonchev–Trinajstić information content (AvgIpc) is 3.42. The molecule has 0 radical (unpaired) electrons. The van der Waals surface area contributed by atoms with E-state index < -0.39 is 5.60 Å². The number of pyridine rings is 3. The van der Waals surface area contributed by atoms with E-state index in [9.17, 15) is 15.2 Å². The van der Waals surface area contributed by atoms with E-state index in [4.69, 9.17) is 14.5 Å². The number of anilines is 1. The standard InChI is InChI=1S/C33H35N7O4/c1-32(2,42)19-44-26-10-27(30-23(14-34)17-37-39(30)18-26)21-4-6-28(35-15-21)40-24-8-20-9-25(40)13-33(11-20,12-24)38-31(41)22-5-7-29(43-3)36-16-22/h4-7,10,15-18,20,24-25,42H,8-9,11-13,19H2,1-3H3,(H,38,41)/t20-,24-,25+,33-. The van der Waals surface area contributed by atoms with Crippen molar-refractivity contribution in [2.24, 2.45) is 5.92 Å². The van der Waals surface area contributed by atoms with Gasteiger partial charge in [0.15, 0.2) is 0 Å². The molecule has 4 fully saturated rings. The van der Waals surface area contributed by atoms with Crippen LogP contribution in [0.15, 0.2) is 55.1 Å². The molecule has 0 aromatic carbocycles. The molecule has 0 unspecified atom stereocenters. The highest BCUT2D eigenvalue weighted by Crippen LogP contribution is 2.52. The van der Waals surface area contributed by atoms with Crippen LogP contribution < -0.4 is 19.7 Å². The number of amides is 1. The second kappa shape index (κ2) is 10.5. The fourth-order valence-corrected chi connectivity index (χ4v) is 7.54. The molecule has 2 aliphatic heterocycles. The van der Waals surface area contributed by atoms with E-state index in [1.807, 2.05) is 18.3 Å². The Morgan fingerprint density at radius 2 is 1.93 bits per heavy atom. The van der Waals surface area contributed by atoms with Crippen LogP contribution in [0.4, 0.5) is 5.82 Å². The minimum atomic E-state index is -0.998. The van der Waals surface area contributed by atoms with Crippen LogP contribution in [0.5, 0.6) is 11.6 Å². The van der Waals surface area contributed by atoms with Crippen molar-refractivity contribution in [3.63, 3.8) is 0 Å². The van der Waals surface area contributed by atoms with Crippen LogP contribution in [0.25, 0.3) is 16.6 Å². The summed E-state index contributed by atoms with van der Waals surface area (Å²) < 4.78 is 12.7. The Morgan fingerprint density at radius 3 is 2.57 bits per heavy atom. The number of aliphatic hydroxyl groups is 1. The Balaban J connectivity index is 1.13. The number of rotatable bonds is 8. The van der Waals surface area contributed by atoms with Crippen LogP contribution in [0.1, 0.15) is 61.9 Å². The number of fused-ring (bicyclic) bond motifs is 1. The zero-order valence-corrected chi connectivity index (χ0v) is 25.0. The van der Waals surface area contributed by atoms with Gasteiger partial charge in [-0.1, -0.05) is 0 Å². The van der Waals surface area contributed by atoms with Gasteiger partial charge in [-0.15, -0.1) is 0 Å². The summed E-state index contributed by atoms with van der Waals surface area (Å²) in [4.78, 5) is 24.8. The number of carbonyl (C=O) groups excluding carboxylic acids is 1. The molecular formula is C33H35N7O4. The molecule has 2 N–H and O–H groups in total. The average molecular weight is 594 g/mol. The van der Waals surface area contributed by atoms with E-state index in [-0.39, 0.29) is 18.1 Å². The first kappa shape index (κ1) is 28.1. The molecule has 6 heterocycles. The van der Waals surface area contributed by atoms with Gasteiger partial charge in [-0.3, -0.25) is 4.79 Å². The quantitative estimate of drug-likeness (QED) is 0.309. The van der Waals surface area contributed by atoms with Gasteiger partial charge in [-0.05, 0) is 76.1 Å². The fourth-order valence-electron chi connectivity index (χ4n) is 7.54. The van der Waals surface area contributed by atoms with E-state index in [1.165, 1.54) is 0 Å². The van der Waals surface area contributed by atoms with Crippen LogP contribution in [0, 0.1) is 17.2 Å². The summed E-state index contributed by atoms with van der Waals surface area (Å²) in [6, 6.07) is 12.2. The van der Waals surface area contributed by atoms with Gasteiger partial charge >= 0.3 is 0 Å². The first-order valence-corrected chi connectivity index (χ1v) is 15.0. The minimum Gasteiger partial charge on any atom is -0.489 e. The minimum absolute atomic E-state index is 0.0900. The predicted octanol–water partition coefficient (Wildman–Crippen LogP) is 4.14. The lowest BCUT2D eigenvalue weighted by atomic mass is 9.59. The zero-order chi connectivity index (χ0) is 30.6. The highest BCUT2D eigenvalue weighted by atomic mass is 16.5. The molecule has 44 heavy (non-hydrogen) atoms. The lowest BCUT2D eigenvalue weighted by molar-refractivity contribution is 0.0283. The van der Waals surface area contributed by atoms with E-state index in [0.717, 1.165) is 49.0 Å². The summed E-state index contributed by atoms with van der Waals surface area (Å²) in [7, 11) is 1.56. The van der Waals surface area contributed by atoms with Crippen molar-refractivity contribution < 1.29 is 19.4 Å². The number of ether oxygens (including phenoxy) is 2. The molecule has 2 aliphatic carbocycles. The number of aromatic nitrogens is 4. The maximum atomic E-state index is 13.2. The van der Waals surface area contributed by atoms with Gasteiger partial charge in [0.2, 0.25) is 5.88 Å². The van der Waals surface area contributed by atoms with Crippen molar-refractivity contribution in [1.82, 2.24) is 24.9 Å². The van der Waals surface area contributed by atoms with Gasteiger partial charge in [-0.25, -0.2) is 14.5 Å². The monoisotopic (exact) mass is 593 g/mol. The Hall–Kier alpha value is -4.69. The zero-order valence-electron chi connectivity index (χ0n) is 25.0. The van der Waals surface area contributed by atoms with Crippen molar-refractivity contribution >= 4 is 17.2 Å². The Kier molecular flexibility index (Phi) is 6.70. The summed E-state index contributed by atoms with van der Waals surface area (Å²) in [5.74, 6) is 2.42. The molecular weight excluding hydrogens is 558 g/mol. The molecule has 0 spiro atoms. The van der Waals surface area contributed by atoms with Gasteiger partial charge in [0.1, 0.15) is 24.2 Å². The topological polar surface area (TPSA) is 138 Å². The van der Waals surface area contributed by atoms with Crippen LogP contribution in [0.2, 0.25) is 0 Å². The predicted molar refractivity (Wildman–Crippen MR) is 163 cm³/mol. The summed E-state index contributed by atoms with van der Waals surface area (Å²) >= 11 is 0. The lowest BCUT2D eigenvalue weighted by Crippen LogP contribution is -2.69. The molecule has 11 heteroatoms. The number of hydrogen-bond donors (Lipinski definition) is 2. The molecule has 8 rings (SSSR count). The molecule has 2 saturated heterocycles.